The maximum Gasteiger partial charge on any atom is 0.139 e. The van der Waals surface area contributed by atoms with Crippen molar-refractivity contribution in [2.24, 2.45) is 40.2 Å². The number of carbonyl (C=O) groups is 1. The summed E-state index contributed by atoms with van der Waals surface area (Å²) in [7, 11) is 0. The fraction of sp³-hybridized carbons (Fsp3) is 0.857. The van der Waals surface area contributed by atoms with Crippen molar-refractivity contribution < 1.29 is 14.0 Å². The molecule has 0 aromatic heterocycles. The summed E-state index contributed by atoms with van der Waals surface area (Å²) in [5, 5.41) is 0. The number of nitrogens with two attached hydrogens (primary N) is 1. The molecule has 5 heteroatoms. The van der Waals surface area contributed by atoms with Gasteiger partial charge in [0.25, 0.3) is 0 Å². The Morgan fingerprint density at radius 2 is 1.96 bits per heavy atom. The third-order valence-electron chi connectivity index (χ3n) is 8.50. The molecule has 3 N–H and O–H groups in total. The van der Waals surface area contributed by atoms with E-state index in [9.17, 15) is 4.79 Å². The van der Waals surface area contributed by atoms with E-state index in [0.29, 0.717) is 48.8 Å². The molecule has 0 aliphatic heterocycles. The summed E-state index contributed by atoms with van der Waals surface area (Å²) in [6, 6.07) is 0. The Bertz CT molecular complexity index is 621. The van der Waals surface area contributed by atoms with Crippen molar-refractivity contribution in [2.45, 2.75) is 65.2 Å². The Morgan fingerprint density at radius 3 is 2.73 bits per heavy atom. The summed E-state index contributed by atoms with van der Waals surface area (Å²) in [6.07, 6.45) is 7.54. The fourth-order valence-corrected chi connectivity index (χ4v) is 7.02. The number of hydrogen-bond donors (Lipinski definition) is 2. The van der Waals surface area contributed by atoms with Gasteiger partial charge < -0.3 is 5.73 Å². The standard InChI is InChI=1S/C21H33FN2O2/c1-20-10-8-17(24-26-12-11-23)19(22)16(20)4-3-13-14-5-6-18(25)21(14,2)9-7-15(13)20/h13-16,24H,3-12,23H2,1-2H3/t13-,14-,15+,16?,20+,21-/m0/s1. The molecule has 26 heavy (non-hydrogen) atoms. The maximum atomic E-state index is 15.3. The molecule has 0 heterocycles. The Balaban J connectivity index is 1.56. The third kappa shape index (κ3) is 2.57. The number of nitrogens with one attached hydrogen (secondary N) is 1. The Morgan fingerprint density at radius 1 is 1.15 bits per heavy atom. The Labute approximate surface area is 156 Å². The van der Waals surface area contributed by atoms with Crippen molar-refractivity contribution in [2.75, 3.05) is 13.2 Å². The van der Waals surface area contributed by atoms with E-state index in [1.807, 2.05) is 0 Å². The smallest absolute Gasteiger partial charge is 0.139 e. The lowest BCUT2D eigenvalue weighted by molar-refractivity contribution is -0.136. The third-order valence-corrected chi connectivity index (χ3v) is 8.50. The van der Waals surface area contributed by atoms with E-state index < -0.39 is 0 Å². The van der Waals surface area contributed by atoms with Crippen molar-refractivity contribution in [1.82, 2.24) is 5.48 Å². The van der Waals surface area contributed by atoms with Gasteiger partial charge in [-0.25, -0.2) is 4.39 Å². The second kappa shape index (κ2) is 6.59. The first-order valence-corrected chi connectivity index (χ1v) is 10.4. The highest BCUT2D eigenvalue weighted by molar-refractivity contribution is 5.87. The number of halogens is 1. The van der Waals surface area contributed by atoms with Crippen LogP contribution in [0, 0.1) is 34.5 Å². The van der Waals surface area contributed by atoms with Gasteiger partial charge in [0.1, 0.15) is 11.6 Å². The van der Waals surface area contributed by atoms with E-state index in [4.69, 9.17) is 10.6 Å². The molecule has 1 unspecified atom stereocenters. The number of hydrogen-bond acceptors (Lipinski definition) is 4. The first kappa shape index (κ1) is 18.4. The highest BCUT2D eigenvalue weighted by Crippen LogP contribution is 2.66. The average molecular weight is 365 g/mol. The van der Waals surface area contributed by atoms with Crippen LogP contribution in [0.4, 0.5) is 4.39 Å². The van der Waals surface area contributed by atoms with Crippen LogP contribution in [0.15, 0.2) is 11.5 Å². The molecule has 3 fully saturated rings. The monoisotopic (exact) mass is 364 g/mol. The van der Waals surface area contributed by atoms with Gasteiger partial charge in [-0.05, 0) is 68.1 Å². The van der Waals surface area contributed by atoms with E-state index in [0.717, 1.165) is 44.9 Å². The fourth-order valence-electron chi connectivity index (χ4n) is 7.02. The minimum atomic E-state index is -0.101. The van der Waals surface area contributed by atoms with Crippen LogP contribution in [0.5, 0.6) is 0 Å². The zero-order valence-corrected chi connectivity index (χ0v) is 16.2. The molecular weight excluding hydrogens is 331 g/mol. The summed E-state index contributed by atoms with van der Waals surface area (Å²) in [5.74, 6) is 2.13. The summed E-state index contributed by atoms with van der Waals surface area (Å²) in [4.78, 5) is 17.8. The first-order chi connectivity index (χ1) is 12.4. The highest BCUT2D eigenvalue weighted by Gasteiger charge is 2.60. The molecule has 0 bridgehead atoms. The Hall–Kier alpha value is -0.940. The van der Waals surface area contributed by atoms with Crippen LogP contribution in [0.25, 0.3) is 0 Å². The number of fused-ring (bicyclic) bond motifs is 5. The molecule has 4 nitrogen and oxygen atoms in total. The van der Waals surface area contributed by atoms with Crippen LogP contribution in [-0.4, -0.2) is 18.9 Å². The largest absolute Gasteiger partial charge is 0.328 e. The van der Waals surface area contributed by atoms with E-state index >= 15 is 4.39 Å². The lowest BCUT2D eigenvalue weighted by Gasteiger charge is -2.59. The van der Waals surface area contributed by atoms with Gasteiger partial charge in [-0.1, -0.05) is 13.8 Å². The molecular formula is C21H33FN2O2. The molecule has 6 atom stereocenters. The average Bonchev–Trinajstić information content (AvgIpc) is 2.92. The van der Waals surface area contributed by atoms with E-state index in [2.05, 4.69) is 19.3 Å². The van der Waals surface area contributed by atoms with Crippen LogP contribution in [0.2, 0.25) is 0 Å². The number of carbonyl (C=O) groups excluding carboxylic acids is 1. The molecule has 4 aliphatic carbocycles. The normalized spacial score (nSPS) is 45.2. The molecule has 146 valence electrons. The van der Waals surface area contributed by atoms with Gasteiger partial charge in [0.2, 0.25) is 0 Å². The lowest BCUT2D eigenvalue weighted by atomic mass is 9.46. The van der Waals surface area contributed by atoms with Gasteiger partial charge in [-0.2, -0.15) is 0 Å². The van der Waals surface area contributed by atoms with Crippen molar-refractivity contribution >= 4 is 5.78 Å². The molecule has 0 aromatic carbocycles. The van der Waals surface area contributed by atoms with Gasteiger partial charge in [0, 0.05) is 24.3 Å². The van der Waals surface area contributed by atoms with Gasteiger partial charge in [0.15, 0.2) is 0 Å². The predicted molar refractivity (Wildman–Crippen MR) is 98.4 cm³/mol. The van der Waals surface area contributed by atoms with Gasteiger partial charge >= 0.3 is 0 Å². The summed E-state index contributed by atoms with van der Waals surface area (Å²) < 4.78 is 15.3. The topological polar surface area (TPSA) is 64.3 Å². The lowest BCUT2D eigenvalue weighted by Crippen LogP contribution is -2.53. The van der Waals surface area contributed by atoms with Crippen LogP contribution >= 0.6 is 0 Å². The molecule has 4 aliphatic rings. The molecule has 0 amide bonds. The van der Waals surface area contributed by atoms with Crippen LogP contribution in [0.1, 0.15) is 65.2 Å². The summed E-state index contributed by atoms with van der Waals surface area (Å²) >= 11 is 0. The maximum absolute atomic E-state index is 15.3. The molecule has 0 saturated heterocycles. The van der Waals surface area contributed by atoms with Crippen molar-refractivity contribution in [3.05, 3.63) is 11.5 Å². The number of allylic oxidation sites excluding steroid dienone is 2. The number of Topliss-reactive ketones (excluding diaryl/α,β-unsaturated/α-hetero) is 1. The zero-order chi connectivity index (χ0) is 18.5. The van der Waals surface area contributed by atoms with Crippen molar-refractivity contribution in [3.8, 4) is 0 Å². The molecule has 0 aromatic rings. The molecule has 0 radical (unpaired) electrons. The van der Waals surface area contributed by atoms with Gasteiger partial charge in [-0.15, -0.1) is 0 Å². The molecule has 0 spiro atoms. The minimum absolute atomic E-state index is 0.00468. The van der Waals surface area contributed by atoms with E-state index in [-0.39, 0.29) is 22.6 Å². The highest BCUT2D eigenvalue weighted by atomic mass is 19.1. The van der Waals surface area contributed by atoms with Crippen molar-refractivity contribution in [1.29, 1.82) is 0 Å². The van der Waals surface area contributed by atoms with Gasteiger partial charge in [0.05, 0.1) is 12.3 Å². The zero-order valence-electron chi connectivity index (χ0n) is 16.2. The van der Waals surface area contributed by atoms with Crippen LogP contribution in [0.3, 0.4) is 0 Å². The number of rotatable bonds is 4. The summed E-state index contributed by atoms with van der Waals surface area (Å²) in [5.41, 5.74) is 8.80. The van der Waals surface area contributed by atoms with Crippen LogP contribution in [-0.2, 0) is 9.63 Å². The number of hydroxylamine groups is 1. The SMILES string of the molecule is C[C@]12CCC(NOCCN)=C(F)C1CC[C@@H]1[C@H]2CC[C@]2(C)C(=O)CC[C@@H]12. The summed E-state index contributed by atoms with van der Waals surface area (Å²) in [6.45, 7) is 5.32. The minimum Gasteiger partial charge on any atom is -0.328 e. The van der Waals surface area contributed by atoms with E-state index in [1.165, 1.54) is 0 Å². The second-order valence-corrected chi connectivity index (χ2v) is 9.50. The number of ketones is 1. The van der Waals surface area contributed by atoms with Gasteiger partial charge in [-0.3, -0.25) is 15.1 Å². The van der Waals surface area contributed by atoms with Crippen molar-refractivity contribution in [3.63, 3.8) is 0 Å². The quantitative estimate of drug-likeness (QED) is 0.587. The molecule has 3 saturated carbocycles. The first-order valence-electron chi connectivity index (χ1n) is 10.4. The Kier molecular flexibility index (Phi) is 4.67. The van der Waals surface area contributed by atoms with E-state index in [1.54, 1.807) is 0 Å². The predicted octanol–water partition coefficient (Wildman–Crippen LogP) is 3.87. The van der Waals surface area contributed by atoms with Crippen LogP contribution < -0.4 is 11.2 Å². The molecule has 4 rings (SSSR count). The second-order valence-electron chi connectivity index (χ2n) is 9.50.